The summed E-state index contributed by atoms with van der Waals surface area (Å²) in [5.74, 6) is 0. The quantitative estimate of drug-likeness (QED) is 0.933. The number of fused-ring (bicyclic) bond motifs is 3. The first-order chi connectivity index (χ1) is 10.2. The van der Waals surface area contributed by atoms with Crippen molar-refractivity contribution >= 4 is 0 Å². The van der Waals surface area contributed by atoms with E-state index in [0.717, 1.165) is 29.7 Å². The number of H-pyrrole nitrogens is 1. The molecule has 1 heterocycles. The third-order valence-corrected chi connectivity index (χ3v) is 3.88. The molecule has 0 atom stereocenters. The monoisotopic (exact) mass is 286 g/mol. The van der Waals surface area contributed by atoms with Gasteiger partial charge in [-0.2, -0.15) is 0 Å². The van der Waals surface area contributed by atoms with Gasteiger partial charge in [0.1, 0.15) is 6.73 Å². The van der Waals surface area contributed by atoms with E-state index < -0.39 is 5.69 Å². The van der Waals surface area contributed by atoms with Crippen LogP contribution in [0.3, 0.4) is 0 Å². The van der Waals surface area contributed by atoms with Crippen molar-refractivity contribution in [3.63, 3.8) is 0 Å². The molecule has 0 saturated carbocycles. The first-order valence-electron chi connectivity index (χ1n) is 7.24. The summed E-state index contributed by atoms with van der Waals surface area (Å²) in [4.78, 5) is 26.8. The van der Waals surface area contributed by atoms with Crippen LogP contribution in [0.2, 0.25) is 0 Å². The third kappa shape index (κ3) is 2.45. The Morgan fingerprint density at radius 3 is 2.86 bits per heavy atom. The van der Waals surface area contributed by atoms with Crippen LogP contribution in [0.25, 0.3) is 11.1 Å². The molecule has 5 nitrogen and oxygen atoms in total. The minimum atomic E-state index is -0.397. The molecule has 0 amide bonds. The second-order valence-electron chi connectivity index (χ2n) is 5.14. The van der Waals surface area contributed by atoms with Crippen LogP contribution in [0.5, 0.6) is 0 Å². The molecule has 2 aromatic rings. The van der Waals surface area contributed by atoms with Crippen LogP contribution in [0, 0.1) is 0 Å². The zero-order chi connectivity index (χ0) is 14.8. The Morgan fingerprint density at radius 1 is 1.24 bits per heavy atom. The fourth-order valence-corrected chi connectivity index (χ4v) is 2.90. The second kappa shape index (κ2) is 5.69. The van der Waals surface area contributed by atoms with E-state index in [1.165, 1.54) is 0 Å². The first kappa shape index (κ1) is 13.8. The van der Waals surface area contributed by atoms with Gasteiger partial charge in [-0.25, -0.2) is 4.79 Å². The van der Waals surface area contributed by atoms with Gasteiger partial charge < -0.3 is 4.74 Å². The Balaban J connectivity index is 2.28. The van der Waals surface area contributed by atoms with Gasteiger partial charge in [-0.1, -0.05) is 24.3 Å². The number of hydrogen-bond acceptors (Lipinski definition) is 3. The molecule has 0 fully saturated rings. The van der Waals surface area contributed by atoms with Gasteiger partial charge >= 0.3 is 5.69 Å². The maximum absolute atomic E-state index is 12.3. The van der Waals surface area contributed by atoms with Crippen molar-refractivity contribution in [2.75, 3.05) is 6.61 Å². The molecular formula is C16H18N2O3. The largest absolute Gasteiger partial charge is 0.361 e. The van der Waals surface area contributed by atoms with Crippen LogP contribution in [-0.4, -0.2) is 16.2 Å². The molecule has 1 aliphatic carbocycles. The lowest BCUT2D eigenvalue weighted by atomic mass is 10.0. The summed E-state index contributed by atoms with van der Waals surface area (Å²) in [5, 5.41) is 0. The molecule has 1 N–H and O–H groups in total. The predicted octanol–water partition coefficient (Wildman–Crippen LogP) is 1.69. The Morgan fingerprint density at radius 2 is 2.05 bits per heavy atom. The van der Waals surface area contributed by atoms with E-state index in [1.54, 1.807) is 4.57 Å². The number of hydrogen-bond donors (Lipinski definition) is 1. The Labute approximate surface area is 122 Å². The number of aromatic amines is 1. The molecule has 0 aliphatic heterocycles. The van der Waals surface area contributed by atoms with Crippen LogP contribution in [-0.2, 0) is 24.3 Å². The minimum absolute atomic E-state index is 0.177. The van der Waals surface area contributed by atoms with Crippen LogP contribution < -0.4 is 11.2 Å². The molecular weight excluding hydrogens is 268 g/mol. The summed E-state index contributed by atoms with van der Waals surface area (Å²) in [5.41, 5.74) is 2.77. The average Bonchev–Trinajstić information content (AvgIpc) is 2.66. The van der Waals surface area contributed by atoms with E-state index in [2.05, 4.69) is 4.98 Å². The van der Waals surface area contributed by atoms with Crippen LogP contribution in [0.15, 0.2) is 33.9 Å². The van der Waals surface area contributed by atoms with Crippen molar-refractivity contribution in [2.45, 2.75) is 32.9 Å². The Kier molecular flexibility index (Phi) is 3.75. The fraction of sp³-hybridized carbons (Fsp3) is 0.375. The summed E-state index contributed by atoms with van der Waals surface area (Å²) in [7, 11) is 0. The Bertz CT molecular complexity index is 774. The van der Waals surface area contributed by atoms with Gasteiger partial charge in [-0.05, 0) is 37.3 Å². The molecule has 21 heavy (non-hydrogen) atoms. The minimum Gasteiger partial charge on any atom is -0.361 e. The number of rotatable bonds is 3. The summed E-state index contributed by atoms with van der Waals surface area (Å²) in [6.45, 7) is 2.58. The SMILES string of the molecule is CCOCn1c2c(c(=O)[nH]c1=O)-c1ccccc1CCC2. The average molecular weight is 286 g/mol. The topological polar surface area (TPSA) is 64.1 Å². The number of aromatic nitrogens is 2. The number of nitrogens with zero attached hydrogens (tertiary/aromatic N) is 1. The van der Waals surface area contributed by atoms with E-state index in [4.69, 9.17) is 4.74 Å². The third-order valence-electron chi connectivity index (χ3n) is 3.88. The highest BCUT2D eigenvalue weighted by atomic mass is 16.5. The van der Waals surface area contributed by atoms with E-state index >= 15 is 0 Å². The number of aryl methyl sites for hydroxylation is 1. The van der Waals surface area contributed by atoms with Crippen molar-refractivity contribution in [3.05, 3.63) is 56.4 Å². The van der Waals surface area contributed by atoms with Crippen LogP contribution >= 0.6 is 0 Å². The van der Waals surface area contributed by atoms with Gasteiger partial charge in [0.05, 0.1) is 5.56 Å². The smallest absolute Gasteiger partial charge is 0.330 e. The lowest BCUT2D eigenvalue weighted by molar-refractivity contribution is 0.0823. The maximum Gasteiger partial charge on any atom is 0.330 e. The van der Waals surface area contributed by atoms with Gasteiger partial charge in [0, 0.05) is 12.3 Å². The van der Waals surface area contributed by atoms with Gasteiger partial charge in [0.15, 0.2) is 0 Å². The van der Waals surface area contributed by atoms with Crippen molar-refractivity contribution in [1.29, 1.82) is 0 Å². The number of benzene rings is 1. The zero-order valence-electron chi connectivity index (χ0n) is 12.0. The number of ether oxygens (including phenoxy) is 1. The standard InChI is InChI=1S/C16H18N2O3/c1-2-21-10-18-13-9-5-7-11-6-3-4-8-12(11)14(13)15(19)17-16(18)20/h3-4,6,8H,2,5,7,9-10H2,1H3,(H,17,19,20). The van der Waals surface area contributed by atoms with Crippen LogP contribution in [0.4, 0.5) is 0 Å². The van der Waals surface area contributed by atoms with Gasteiger partial charge in [0.25, 0.3) is 5.56 Å². The van der Waals surface area contributed by atoms with Crippen molar-refractivity contribution in [3.8, 4) is 11.1 Å². The summed E-state index contributed by atoms with van der Waals surface area (Å²) in [6, 6.07) is 7.89. The molecule has 110 valence electrons. The summed E-state index contributed by atoms with van der Waals surface area (Å²) >= 11 is 0. The highest BCUT2D eigenvalue weighted by molar-refractivity contribution is 5.69. The van der Waals surface area contributed by atoms with Crippen molar-refractivity contribution in [1.82, 2.24) is 9.55 Å². The molecule has 3 rings (SSSR count). The fourth-order valence-electron chi connectivity index (χ4n) is 2.90. The molecule has 0 radical (unpaired) electrons. The maximum atomic E-state index is 12.3. The highest BCUT2D eigenvalue weighted by Gasteiger charge is 2.21. The lowest BCUT2D eigenvalue weighted by Crippen LogP contribution is -2.34. The van der Waals surface area contributed by atoms with Gasteiger partial charge in [-0.15, -0.1) is 0 Å². The zero-order valence-corrected chi connectivity index (χ0v) is 12.0. The van der Waals surface area contributed by atoms with Gasteiger partial charge in [0.2, 0.25) is 0 Å². The molecule has 1 aliphatic rings. The van der Waals surface area contributed by atoms with E-state index in [0.29, 0.717) is 18.6 Å². The van der Waals surface area contributed by atoms with Crippen molar-refractivity contribution in [2.24, 2.45) is 0 Å². The van der Waals surface area contributed by atoms with E-state index in [9.17, 15) is 9.59 Å². The second-order valence-corrected chi connectivity index (χ2v) is 5.14. The van der Waals surface area contributed by atoms with Crippen molar-refractivity contribution < 1.29 is 4.74 Å². The molecule has 1 aromatic heterocycles. The highest BCUT2D eigenvalue weighted by Crippen LogP contribution is 2.28. The summed E-state index contributed by atoms with van der Waals surface area (Å²) in [6.07, 6.45) is 2.53. The Hall–Kier alpha value is -2.14. The van der Waals surface area contributed by atoms with E-state index in [-0.39, 0.29) is 12.3 Å². The van der Waals surface area contributed by atoms with Crippen LogP contribution in [0.1, 0.15) is 24.6 Å². The molecule has 0 spiro atoms. The predicted molar refractivity (Wildman–Crippen MR) is 80.4 cm³/mol. The molecule has 5 heteroatoms. The van der Waals surface area contributed by atoms with Gasteiger partial charge in [-0.3, -0.25) is 14.3 Å². The summed E-state index contributed by atoms with van der Waals surface area (Å²) < 4.78 is 6.92. The molecule has 1 aromatic carbocycles. The van der Waals surface area contributed by atoms with E-state index in [1.807, 2.05) is 31.2 Å². The molecule has 0 bridgehead atoms. The number of nitrogens with one attached hydrogen (secondary N) is 1. The molecule has 0 unspecified atom stereocenters. The normalized spacial score (nSPS) is 13.4. The molecule has 0 saturated heterocycles. The first-order valence-corrected chi connectivity index (χ1v) is 7.24. The lowest BCUT2D eigenvalue weighted by Gasteiger charge is -2.14.